The fraction of sp³-hybridized carbons (Fsp3) is 0.130. The summed E-state index contributed by atoms with van der Waals surface area (Å²) >= 11 is 0. The second kappa shape index (κ2) is 8.35. The Balaban J connectivity index is 1.64. The molecule has 0 unspecified atom stereocenters. The summed E-state index contributed by atoms with van der Waals surface area (Å²) in [6, 6.07) is 12.7. The second-order valence-corrected chi connectivity index (χ2v) is 7.26. The van der Waals surface area contributed by atoms with Crippen LogP contribution in [0.15, 0.2) is 71.3 Å². The summed E-state index contributed by atoms with van der Waals surface area (Å²) in [5.41, 5.74) is 3.10. The van der Waals surface area contributed by atoms with Crippen LogP contribution in [0, 0.1) is 12.7 Å². The quantitative estimate of drug-likeness (QED) is 0.606. The van der Waals surface area contributed by atoms with E-state index >= 15 is 0 Å². The van der Waals surface area contributed by atoms with Gasteiger partial charge in [-0.2, -0.15) is 5.10 Å². The second-order valence-electron chi connectivity index (χ2n) is 7.26. The van der Waals surface area contributed by atoms with Crippen LogP contribution in [-0.2, 0) is 9.59 Å². The number of hydrogen-bond acceptors (Lipinski definition) is 4. The molecule has 7 nitrogen and oxygen atoms in total. The van der Waals surface area contributed by atoms with E-state index in [0.29, 0.717) is 28.0 Å². The van der Waals surface area contributed by atoms with E-state index in [0.717, 1.165) is 5.56 Å². The van der Waals surface area contributed by atoms with Gasteiger partial charge in [0.05, 0.1) is 5.56 Å². The molecule has 1 atom stereocenters. The molecule has 1 aliphatic rings. The topological polar surface area (TPSA) is 104 Å². The van der Waals surface area contributed by atoms with Gasteiger partial charge in [-0.05, 0) is 47.9 Å². The molecule has 3 aromatic rings. The molecule has 0 fully saturated rings. The highest BCUT2D eigenvalue weighted by Crippen LogP contribution is 2.32. The first-order valence-corrected chi connectivity index (χ1v) is 9.63. The van der Waals surface area contributed by atoms with Crippen LogP contribution in [0.5, 0.6) is 0 Å². The third-order valence-corrected chi connectivity index (χ3v) is 5.21. The normalized spacial score (nSPS) is 15.7. The summed E-state index contributed by atoms with van der Waals surface area (Å²) in [5.74, 6) is -1.50. The Kier molecular flexibility index (Phi) is 5.44. The number of aryl methyl sites for hydroxylation is 1. The Bertz CT molecular complexity index is 1250. The number of halogens is 1. The Hall–Kier alpha value is -4.07. The number of anilines is 1. The molecule has 2 aromatic carbocycles. The molecule has 3 N–H and O–H groups in total. The molecule has 0 radical (unpaired) electrons. The van der Waals surface area contributed by atoms with E-state index in [1.54, 1.807) is 36.4 Å². The van der Waals surface area contributed by atoms with Crippen molar-refractivity contribution >= 4 is 17.5 Å². The first-order valence-electron chi connectivity index (χ1n) is 9.63. The van der Waals surface area contributed by atoms with Gasteiger partial charge in [0.2, 0.25) is 5.91 Å². The Morgan fingerprint density at radius 3 is 2.65 bits per heavy atom. The molecule has 0 spiro atoms. The summed E-state index contributed by atoms with van der Waals surface area (Å²) in [7, 11) is 0. The van der Waals surface area contributed by atoms with E-state index in [4.69, 9.17) is 0 Å². The molecule has 4 rings (SSSR count). The fourth-order valence-electron chi connectivity index (χ4n) is 3.52. The Morgan fingerprint density at radius 2 is 1.90 bits per heavy atom. The monoisotopic (exact) mass is 418 g/mol. The molecular formula is C23H19FN4O3. The maximum Gasteiger partial charge on any atom is 0.272 e. The first kappa shape index (κ1) is 20.2. The molecule has 0 saturated carbocycles. The number of nitrogens with zero attached hydrogens (tertiary/aromatic N) is 1. The average molecular weight is 418 g/mol. The smallest absolute Gasteiger partial charge is 0.272 e. The minimum Gasteiger partial charge on any atom is -0.332 e. The van der Waals surface area contributed by atoms with Crippen molar-refractivity contribution in [2.45, 2.75) is 19.3 Å². The number of benzene rings is 2. The van der Waals surface area contributed by atoms with Gasteiger partial charge < -0.3 is 10.6 Å². The molecule has 0 aliphatic carbocycles. The number of H-pyrrole nitrogens is 1. The number of nitrogens with one attached hydrogen (secondary N) is 3. The van der Waals surface area contributed by atoms with Gasteiger partial charge in [-0.1, -0.05) is 24.3 Å². The third kappa shape index (κ3) is 4.28. The lowest BCUT2D eigenvalue weighted by Crippen LogP contribution is -2.32. The maximum absolute atomic E-state index is 13.3. The Labute approximate surface area is 177 Å². The molecule has 31 heavy (non-hydrogen) atoms. The van der Waals surface area contributed by atoms with E-state index in [1.807, 2.05) is 6.92 Å². The third-order valence-electron chi connectivity index (χ3n) is 5.21. The van der Waals surface area contributed by atoms with E-state index in [1.165, 1.54) is 24.5 Å². The summed E-state index contributed by atoms with van der Waals surface area (Å²) in [5, 5.41) is 11.5. The summed E-state index contributed by atoms with van der Waals surface area (Å²) in [4.78, 5) is 37.1. The van der Waals surface area contributed by atoms with Gasteiger partial charge in [0, 0.05) is 36.0 Å². The molecule has 2 heterocycles. The minimum atomic E-state index is -0.499. The van der Waals surface area contributed by atoms with Gasteiger partial charge in [-0.3, -0.25) is 14.4 Å². The number of amides is 2. The minimum absolute atomic E-state index is 0.0797. The highest BCUT2D eigenvalue weighted by atomic mass is 19.1. The summed E-state index contributed by atoms with van der Waals surface area (Å²) < 4.78 is 13.3. The van der Waals surface area contributed by atoms with Gasteiger partial charge in [0.15, 0.2) is 0 Å². The number of aromatic nitrogens is 2. The van der Waals surface area contributed by atoms with Crippen molar-refractivity contribution in [3.8, 4) is 11.1 Å². The molecule has 156 valence electrons. The predicted octanol–water partition coefficient (Wildman–Crippen LogP) is 3.01. The fourth-order valence-corrected chi connectivity index (χ4v) is 3.52. The number of rotatable bonds is 4. The van der Waals surface area contributed by atoms with Crippen LogP contribution >= 0.6 is 0 Å². The molecule has 1 aliphatic heterocycles. The largest absolute Gasteiger partial charge is 0.332 e. The van der Waals surface area contributed by atoms with Gasteiger partial charge >= 0.3 is 0 Å². The molecule has 8 heteroatoms. The zero-order valence-corrected chi connectivity index (χ0v) is 16.6. The maximum atomic E-state index is 13.3. The first-order chi connectivity index (χ1) is 14.9. The van der Waals surface area contributed by atoms with Crippen molar-refractivity contribution in [3.05, 3.63) is 93.8 Å². The summed E-state index contributed by atoms with van der Waals surface area (Å²) in [6.07, 6.45) is 2.95. The van der Waals surface area contributed by atoms with Crippen molar-refractivity contribution in [3.63, 3.8) is 0 Å². The van der Waals surface area contributed by atoms with Gasteiger partial charge in [-0.25, -0.2) is 9.49 Å². The van der Waals surface area contributed by atoms with Crippen molar-refractivity contribution in [2.75, 3.05) is 5.32 Å². The van der Waals surface area contributed by atoms with Crippen molar-refractivity contribution < 1.29 is 14.0 Å². The zero-order chi connectivity index (χ0) is 22.0. The van der Waals surface area contributed by atoms with Crippen LogP contribution in [0.2, 0.25) is 0 Å². The summed E-state index contributed by atoms with van der Waals surface area (Å²) in [6.45, 7) is 1.84. The number of carbonyl (C=O) groups is 2. The molecule has 0 saturated heterocycles. The van der Waals surface area contributed by atoms with E-state index in [2.05, 4.69) is 20.8 Å². The van der Waals surface area contributed by atoms with Gasteiger partial charge in [0.25, 0.3) is 11.5 Å². The lowest BCUT2D eigenvalue weighted by Gasteiger charge is -2.24. The lowest BCUT2D eigenvalue weighted by molar-refractivity contribution is -0.121. The standard InChI is InChI=1S/C23H19FN4O3/c1-13-2-3-15(17-8-9-26-28-23(17)31)10-20(13)27-22(30)19-12-25-21(29)11-18(19)14-4-6-16(24)7-5-14/h2-10,12,18H,11H2,1H3,(H,25,29)(H,27,30)(H,28,31)/t18-/m0/s1. The highest BCUT2D eigenvalue weighted by Gasteiger charge is 2.29. The van der Waals surface area contributed by atoms with Crippen molar-refractivity contribution in [1.82, 2.24) is 15.5 Å². The number of aromatic amines is 1. The number of hydrogen-bond donors (Lipinski definition) is 3. The lowest BCUT2D eigenvalue weighted by atomic mass is 9.86. The average Bonchev–Trinajstić information content (AvgIpc) is 2.76. The van der Waals surface area contributed by atoms with E-state index in [-0.39, 0.29) is 17.9 Å². The van der Waals surface area contributed by atoms with Crippen LogP contribution in [0.4, 0.5) is 10.1 Å². The molecule has 1 aromatic heterocycles. The van der Waals surface area contributed by atoms with E-state index in [9.17, 15) is 18.8 Å². The van der Waals surface area contributed by atoms with E-state index < -0.39 is 17.6 Å². The Morgan fingerprint density at radius 1 is 1.13 bits per heavy atom. The molecule has 0 bridgehead atoms. The SMILES string of the molecule is Cc1ccc(-c2ccn[nH]c2=O)cc1NC(=O)C1=CNC(=O)C[C@H]1c1ccc(F)cc1. The van der Waals surface area contributed by atoms with Crippen LogP contribution < -0.4 is 16.2 Å². The number of carbonyl (C=O) groups excluding carboxylic acids is 2. The van der Waals surface area contributed by atoms with Gasteiger partial charge in [0.1, 0.15) is 5.82 Å². The highest BCUT2D eigenvalue weighted by molar-refractivity contribution is 6.07. The zero-order valence-electron chi connectivity index (χ0n) is 16.6. The van der Waals surface area contributed by atoms with Gasteiger partial charge in [-0.15, -0.1) is 0 Å². The van der Waals surface area contributed by atoms with Crippen molar-refractivity contribution in [2.24, 2.45) is 0 Å². The predicted molar refractivity (Wildman–Crippen MR) is 114 cm³/mol. The van der Waals surface area contributed by atoms with Crippen LogP contribution in [0.25, 0.3) is 11.1 Å². The molecule has 2 amide bonds. The van der Waals surface area contributed by atoms with Crippen LogP contribution in [0.1, 0.15) is 23.5 Å². The molecular weight excluding hydrogens is 399 g/mol. The van der Waals surface area contributed by atoms with Crippen LogP contribution in [0.3, 0.4) is 0 Å². The van der Waals surface area contributed by atoms with Crippen molar-refractivity contribution in [1.29, 1.82) is 0 Å². The van der Waals surface area contributed by atoms with Crippen LogP contribution in [-0.4, -0.2) is 22.0 Å².